The summed E-state index contributed by atoms with van der Waals surface area (Å²) in [5.41, 5.74) is 6.29. The Balaban J connectivity index is 2.18. The van der Waals surface area contributed by atoms with E-state index in [4.69, 9.17) is 10.6 Å². The molecule has 1 aromatic heterocycles. The maximum atomic E-state index is 5.83. The van der Waals surface area contributed by atoms with Crippen LogP contribution in [0.5, 0.6) is 5.75 Å². The number of hydrogen-bond donors (Lipinski definition) is 2. The largest absolute Gasteiger partial charge is 0.496 e. The first-order valence-electron chi connectivity index (χ1n) is 7.26. The summed E-state index contributed by atoms with van der Waals surface area (Å²) in [7, 11) is 1.72. The molecule has 2 heterocycles. The third-order valence-corrected chi connectivity index (χ3v) is 7.26. The van der Waals surface area contributed by atoms with Crippen molar-refractivity contribution in [1.29, 1.82) is 0 Å². The lowest BCUT2D eigenvalue weighted by atomic mass is 10.0. The fourth-order valence-electron chi connectivity index (χ4n) is 2.85. The first-order chi connectivity index (χ1) is 10.1. The Kier molecular flexibility index (Phi) is 6.22. The van der Waals surface area contributed by atoms with Gasteiger partial charge in [-0.3, -0.25) is 16.3 Å². The van der Waals surface area contributed by atoms with Crippen molar-refractivity contribution in [2.24, 2.45) is 5.84 Å². The molecule has 4 nitrogen and oxygen atoms in total. The van der Waals surface area contributed by atoms with Crippen LogP contribution in [0.4, 0.5) is 0 Å². The van der Waals surface area contributed by atoms with E-state index >= 15 is 0 Å². The number of nitrogens with one attached hydrogen (secondary N) is 1. The summed E-state index contributed by atoms with van der Waals surface area (Å²) in [6.07, 6.45) is 2.72. The molecule has 0 saturated carbocycles. The predicted octanol–water partition coefficient (Wildman–Crippen LogP) is 2.32. The number of aromatic nitrogens is 1. The van der Waals surface area contributed by atoms with Crippen LogP contribution in [0, 0.1) is 13.8 Å². The number of hydrazine groups is 1. The van der Waals surface area contributed by atoms with Gasteiger partial charge in [0.15, 0.2) is 0 Å². The van der Waals surface area contributed by atoms with Gasteiger partial charge >= 0.3 is 0 Å². The molecule has 1 aliphatic rings. The number of nitrogens with zero attached hydrogens (tertiary/aromatic N) is 1. The van der Waals surface area contributed by atoms with E-state index in [9.17, 15) is 0 Å². The molecular weight excluding hydrogens is 302 g/mol. The molecule has 6 heteroatoms. The summed E-state index contributed by atoms with van der Waals surface area (Å²) in [6.45, 7) is 6.40. The van der Waals surface area contributed by atoms with Crippen LogP contribution in [0.2, 0.25) is 0 Å². The molecule has 0 radical (unpaired) electrons. The molecule has 0 amide bonds. The molecule has 1 fully saturated rings. The molecule has 0 bridgehead atoms. The Morgan fingerprint density at radius 1 is 1.43 bits per heavy atom. The highest BCUT2D eigenvalue weighted by Gasteiger charge is 2.30. The minimum atomic E-state index is 0.233. The van der Waals surface area contributed by atoms with E-state index in [0.29, 0.717) is 10.5 Å². The molecule has 2 rings (SSSR count). The first-order valence-corrected chi connectivity index (χ1v) is 9.36. The summed E-state index contributed by atoms with van der Waals surface area (Å²) in [5, 5.41) is 1.12. The molecule has 0 aromatic carbocycles. The average Bonchev–Trinajstić information content (AvgIpc) is 2.48. The van der Waals surface area contributed by atoms with Gasteiger partial charge in [0.2, 0.25) is 0 Å². The van der Waals surface area contributed by atoms with E-state index in [0.717, 1.165) is 29.0 Å². The maximum absolute atomic E-state index is 5.83. The van der Waals surface area contributed by atoms with Crippen LogP contribution >= 0.6 is 23.5 Å². The van der Waals surface area contributed by atoms with Gasteiger partial charge in [-0.25, -0.2) is 0 Å². The van der Waals surface area contributed by atoms with Gasteiger partial charge in [-0.1, -0.05) is 6.92 Å². The summed E-state index contributed by atoms with van der Waals surface area (Å²) < 4.78 is 5.50. The molecule has 118 valence electrons. The Morgan fingerprint density at radius 3 is 2.76 bits per heavy atom. The van der Waals surface area contributed by atoms with Crippen LogP contribution in [-0.4, -0.2) is 40.1 Å². The number of hydrogen-bond acceptors (Lipinski definition) is 6. The topological polar surface area (TPSA) is 60.2 Å². The third-order valence-electron chi connectivity index (χ3n) is 4.01. The molecule has 1 aromatic rings. The zero-order valence-electron chi connectivity index (χ0n) is 13.2. The van der Waals surface area contributed by atoms with Crippen molar-refractivity contribution < 1.29 is 4.74 Å². The molecule has 3 unspecified atom stereocenters. The number of rotatable bonds is 5. The Bertz CT molecular complexity index is 484. The smallest absolute Gasteiger partial charge is 0.128 e. The fraction of sp³-hybridized carbons (Fsp3) is 0.667. The third kappa shape index (κ3) is 3.86. The van der Waals surface area contributed by atoms with Crippen molar-refractivity contribution in [2.75, 3.05) is 18.6 Å². The minimum absolute atomic E-state index is 0.233. The van der Waals surface area contributed by atoms with Crippen molar-refractivity contribution in [2.45, 2.75) is 43.7 Å². The molecule has 1 aliphatic heterocycles. The quantitative estimate of drug-likeness (QED) is 0.639. The summed E-state index contributed by atoms with van der Waals surface area (Å²) >= 11 is 4.05. The van der Waals surface area contributed by atoms with E-state index in [1.165, 1.54) is 11.5 Å². The van der Waals surface area contributed by atoms with Gasteiger partial charge in [0.25, 0.3) is 0 Å². The van der Waals surface area contributed by atoms with Gasteiger partial charge in [-0.2, -0.15) is 23.5 Å². The lowest BCUT2D eigenvalue weighted by molar-refractivity contribution is 0.405. The van der Waals surface area contributed by atoms with Crippen LogP contribution in [-0.2, 0) is 6.42 Å². The van der Waals surface area contributed by atoms with E-state index in [2.05, 4.69) is 24.3 Å². The number of nitrogens with two attached hydrogens (primary N) is 1. The van der Waals surface area contributed by atoms with Gasteiger partial charge in [-0.05, 0) is 13.8 Å². The SMILES string of the molecule is COc1c(C)cnc(CC(NN)C2SCCSC2C)c1C. The lowest BCUT2D eigenvalue weighted by Crippen LogP contribution is -2.49. The van der Waals surface area contributed by atoms with Crippen molar-refractivity contribution in [1.82, 2.24) is 10.4 Å². The van der Waals surface area contributed by atoms with Crippen LogP contribution in [0.15, 0.2) is 6.20 Å². The van der Waals surface area contributed by atoms with E-state index < -0.39 is 0 Å². The summed E-state index contributed by atoms with van der Waals surface area (Å²) in [5.74, 6) is 9.20. The fourth-order valence-corrected chi connectivity index (χ4v) is 5.79. The van der Waals surface area contributed by atoms with Crippen molar-refractivity contribution in [3.63, 3.8) is 0 Å². The van der Waals surface area contributed by atoms with Crippen LogP contribution in [0.1, 0.15) is 23.7 Å². The van der Waals surface area contributed by atoms with Gasteiger partial charge in [0, 0.05) is 57.5 Å². The zero-order chi connectivity index (χ0) is 15.4. The second-order valence-corrected chi connectivity index (χ2v) is 8.21. The number of thioether (sulfide) groups is 2. The zero-order valence-corrected chi connectivity index (χ0v) is 14.8. The average molecular weight is 328 g/mol. The second-order valence-electron chi connectivity index (χ2n) is 5.43. The molecular formula is C15H25N3OS2. The van der Waals surface area contributed by atoms with E-state index in [1.807, 2.05) is 36.6 Å². The van der Waals surface area contributed by atoms with Gasteiger partial charge in [0.1, 0.15) is 5.75 Å². The molecule has 0 aliphatic carbocycles. The highest BCUT2D eigenvalue weighted by molar-refractivity contribution is 8.07. The highest BCUT2D eigenvalue weighted by Crippen LogP contribution is 2.34. The van der Waals surface area contributed by atoms with Crippen LogP contribution in [0.3, 0.4) is 0 Å². The standard InChI is InChI=1S/C15H25N3OS2/c1-9-8-17-12(10(2)14(9)19-4)7-13(18-16)15-11(3)20-5-6-21-15/h8,11,13,15,18H,5-7,16H2,1-4H3. The molecule has 3 N–H and O–H groups in total. The predicted molar refractivity (Wildman–Crippen MR) is 93.2 cm³/mol. The van der Waals surface area contributed by atoms with Crippen molar-refractivity contribution in [3.05, 3.63) is 23.0 Å². The monoisotopic (exact) mass is 327 g/mol. The number of aryl methyl sites for hydroxylation is 1. The Hall–Kier alpha value is -0.430. The lowest BCUT2D eigenvalue weighted by Gasteiger charge is -2.34. The normalized spacial score (nSPS) is 23.9. The number of methoxy groups -OCH3 is 1. The van der Waals surface area contributed by atoms with E-state index in [1.54, 1.807) is 7.11 Å². The molecule has 3 atom stereocenters. The highest BCUT2D eigenvalue weighted by atomic mass is 32.2. The van der Waals surface area contributed by atoms with E-state index in [-0.39, 0.29) is 6.04 Å². The number of ether oxygens (including phenoxy) is 1. The molecule has 0 spiro atoms. The van der Waals surface area contributed by atoms with Crippen LogP contribution in [0.25, 0.3) is 0 Å². The van der Waals surface area contributed by atoms with Crippen molar-refractivity contribution in [3.8, 4) is 5.75 Å². The second kappa shape index (κ2) is 7.72. The van der Waals surface area contributed by atoms with Gasteiger partial charge in [0.05, 0.1) is 7.11 Å². The summed E-state index contributed by atoms with van der Waals surface area (Å²) in [4.78, 5) is 4.60. The molecule has 21 heavy (non-hydrogen) atoms. The van der Waals surface area contributed by atoms with Gasteiger partial charge < -0.3 is 4.74 Å². The first kappa shape index (κ1) is 16.9. The summed E-state index contributed by atoms with van der Waals surface area (Å²) in [6, 6.07) is 0.233. The Labute approximate surface area is 136 Å². The minimum Gasteiger partial charge on any atom is -0.496 e. The molecule has 1 saturated heterocycles. The van der Waals surface area contributed by atoms with Crippen LogP contribution < -0.4 is 16.0 Å². The number of pyridine rings is 1. The van der Waals surface area contributed by atoms with Crippen molar-refractivity contribution >= 4 is 23.5 Å². The Morgan fingerprint density at radius 2 is 2.14 bits per heavy atom. The van der Waals surface area contributed by atoms with Gasteiger partial charge in [-0.15, -0.1) is 0 Å². The maximum Gasteiger partial charge on any atom is 0.128 e.